The molecule has 0 atom stereocenters. The molecule has 9 heteroatoms. The highest BCUT2D eigenvalue weighted by atomic mass is 127. The van der Waals surface area contributed by atoms with Crippen LogP contribution in [0.5, 0.6) is 0 Å². The van der Waals surface area contributed by atoms with Gasteiger partial charge in [0.25, 0.3) is 10.0 Å². The second kappa shape index (κ2) is 5.85. The van der Waals surface area contributed by atoms with Crippen molar-refractivity contribution in [2.45, 2.75) is 4.90 Å². The molecule has 21 heavy (non-hydrogen) atoms. The standard InChI is InChI=1S/C12H10IN3O4S/c13-8-4-1-2-6-10(8)15-21(19,20)11-7-3-5-9(14)12(11)16(17)18/h1-7,15H,14H2. The predicted molar refractivity (Wildman–Crippen MR) is 87.5 cm³/mol. The number of sulfonamides is 1. The zero-order valence-corrected chi connectivity index (χ0v) is 13.5. The van der Waals surface area contributed by atoms with Gasteiger partial charge in [0.05, 0.1) is 10.6 Å². The fourth-order valence-electron chi connectivity index (χ4n) is 1.70. The lowest BCUT2D eigenvalue weighted by molar-refractivity contribution is -0.386. The highest BCUT2D eigenvalue weighted by Gasteiger charge is 2.28. The second-order valence-corrected chi connectivity index (χ2v) is 6.85. The Morgan fingerprint density at radius 3 is 2.43 bits per heavy atom. The number of benzene rings is 2. The first-order valence-corrected chi connectivity index (χ1v) is 8.19. The third-order valence-corrected chi connectivity index (χ3v) is 4.96. The molecule has 0 radical (unpaired) electrons. The Morgan fingerprint density at radius 2 is 1.81 bits per heavy atom. The van der Waals surface area contributed by atoms with Gasteiger partial charge in [-0.25, -0.2) is 8.42 Å². The van der Waals surface area contributed by atoms with Crippen molar-refractivity contribution in [3.63, 3.8) is 0 Å². The van der Waals surface area contributed by atoms with Gasteiger partial charge < -0.3 is 5.73 Å². The van der Waals surface area contributed by atoms with Gasteiger partial charge in [-0.2, -0.15) is 0 Å². The van der Waals surface area contributed by atoms with Crippen LogP contribution in [0.4, 0.5) is 17.1 Å². The summed E-state index contributed by atoms with van der Waals surface area (Å²) >= 11 is 1.96. The summed E-state index contributed by atoms with van der Waals surface area (Å²) in [5, 5.41) is 11.0. The molecule has 0 aromatic heterocycles. The lowest BCUT2D eigenvalue weighted by Crippen LogP contribution is -2.16. The van der Waals surface area contributed by atoms with Gasteiger partial charge in [0.1, 0.15) is 5.69 Å². The van der Waals surface area contributed by atoms with Crippen LogP contribution in [0.3, 0.4) is 0 Å². The summed E-state index contributed by atoms with van der Waals surface area (Å²) in [4.78, 5) is 9.77. The number of nitro groups is 1. The number of nitrogens with two attached hydrogens (primary N) is 1. The molecule has 0 saturated carbocycles. The summed E-state index contributed by atoms with van der Waals surface area (Å²) in [6.45, 7) is 0. The first-order chi connectivity index (χ1) is 9.83. The third kappa shape index (κ3) is 3.24. The summed E-state index contributed by atoms with van der Waals surface area (Å²) in [6, 6.07) is 10.5. The Kier molecular flexibility index (Phi) is 4.32. The molecule has 3 N–H and O–H groups in total. The molecule has 2 aromatic rings. The summed E-state index contributed by atoms with van der Waals surface area (Å²) in [6.07, 6.45) is 0. The van der Waals surface area contributed by atoms with E-state index in [0.717, 1.165) is 6.07 Å². The monoisotopic (exact) mass is 419 g/mol. The van der Waals surface area contributed by atoms with Gasteiger partial charge in [-0.1, -0.05) is 18.2 Å². The summed E-state index contributed by atoms with van der Waals surface area (Å²) in [5.74, 6) is 0. The van der Waals surface area contributed by atoms with Crippen LogP contribution in [0, 0.1) is 13.7 Å². The third-order valence-electron chi connectivity index (χ3n) is 2.62. The number of nitrogens with one attached hydrogen (secondary N) is 1. The predicted octanol–water partition coefficient (Wildman–Crippen LogP) is 2.58. The van der Waals surface area contributed by atoms with Gasteiger partial charge >= 0.3 is 5.69 Å². The number of rotatable bonds is 4. The van der Waals surface area contributed by atoms with Gasteiger partial charge in [0.2, 0.25) is 0 Å². The number of para-hydroxylation sites is 2. The largest absolute Gasteiger partial charge is 0.393 e. The molecule has 0 bridgehead atoms. The molecule has 0 heterocycles. The molecule has 0 spiro atoms. The highest BCUT2D eigenvalue weighted by molar-refractivity contribution is 14.1. The van der Waals surface area contributed by atoms with Crippen molar-refractivity contribution in [1.29, 1.82) is 0 Å². The lowest BCUT2D eigenvalue weighted by atomic mass is 10.3. The van der Waals surface area contributed by atoms with E-state index in [1.54, 1.807) is 24.3 Å². The van der Waals surface area contributed by atoms with Crippen molar-refractivity contribution in [2.24, 2.45) is 0 Å². The minimum absolute atomic E-state index is 0.203. The Bertz CT molecular complexity index is 808. The van der Waals surface area contributed by atoms with Crippen LogP contribution in [-0.2, 0) is 10.0 Å². The van der Waals surface area contributed by atoms with Crippen LogP contribution in [0.1, 0.15) is 0 Å². The number of nitrogens with zero attached hydrogens (tertiary/aromatic N) is 1. The van der Waals surface area contributed by atoms with Crippen LogP contribution >= 0.6 is 22.6 Å². The maximum atomic E-state index is 12.4. The van der Waals surface area contributed by atoms with E-state index in [-0.39, 0.29) is 5.69 Å². The molecule has 0 aliphatic carbocycles. The Balaban J connectivity index is 2.53. The van der Waals surface area contributed by atoms with Gasteiger partial charge in [-0.05, 0) is 46.9 Å². The van der Waals surface area contributed by atoms with E-state index in [4.69, 9.17) is 5.73 Å². The first-order valence-electron chi connectivity index (χ1n) is 5.63. The maximum Gasteiger partial charge on any atom is 0.312 e. The molecule has 110 valence electrons. The van der Waals surface area contributed by atoms with Gasteiger partial charge in [0, 0.05) is 3.57 Å². The first kappa shape index (κ1) is 15.5. The quantitative estimate of drug-likeness (QED) is 0.342. The van der Waals surface area contributed by atoms with Crippen molar-refractivity contribution >= 4 is 49.7 Å². The normalized spacial score (nSPS) is 11.1. The fourth-order valence-corrected chi connectivity index (χ4v) is 3.68. The zero-order valence-electron chi connectivity index (χ0n) is 10.5. The van der Waals surface area contributed by atoms with Gasteiger partial charge in [-0.3, -0.25) is 14.8 Å². The van der Waals surface area contributed by atoms with E-state index in [0.29, 0.717) is 9.26 Å². The number of nitrogen functional groups attached to an aromatic ring is 1. The molecular weight excluding hydrogens is 409 g/mol. The van der Waals surface area contributed by atoms with Gasteiger partial charge in [-0.15, -0.1) is 0 Å². The second-order valence-electron chi connectivity index (χ2n) is 4.04. The minimum Gasteiger partial charge on any atom is -0.393 e. The Morgan fingerprint density at radius 1 is 1.14 bits per heavy atom. The molecule has 0 saturated heterocycles. The van der Waals surface area contributed by atoms with Crippen LogP contribution in [0.2, 0.25) is 0 Å². The van der Waals surface area contributed by atoms with Crippen LogP contribution in [-0.4, -0.2) is 13.3 Å². The Labute approximate surface area is 134 Å². The molecule has 7 nitrogen and oxygen atoms in total. The van der Waals surface area contributed by atoms with Crippen LogP contribution in [0.15, 0.2) is 47.4 Å². The molecule has 0 unspecified atom stereocenters. The number of halogens is 1. The Hall–Kier alpha value is -1.88. The average Bonchev–Trinajstić information content (AvgIpc) is 2.40. The average molecular weight is 419 g/mol. The van der Waals surface area contributed by atoms with Crippen molar-refractivity contribution in [3.05, 3.63) is 56.1 Å². The van der Waals surface area contributed by atoms with E-state index in [2.05, 4.69) is 4.72 Å². The topological polar surface area (TPSA) is 115 Å². The summed E-state index contributed by atoms with van der Waals surface area (Å²) in [7, 11) is -4.11. The smallest absolute Gasteiger partial charge is 0.312 e. The minimum atomic E-state index is -4.11. The van der Waals surface area contributed by atoms with Crippen molar-refractivity contribution in [1.82, 2.24) is 0 Å². The van der Waals surface area contributed by atoms with E-state index < -0.39 is 25.5 Å². The number of nitro benzene ring substituents is 1. The van der Waals surface area contributed by atoms with E-state index in [1.165, 1.54) is 12.1 Å². The highest BCUT2D eigenvalue weighted by Crippen LogP contribution is 2.31. The molecule has 2 rings (SSSR count). The molecule has 0 fully saturated rings. The zero-order chi connectivity index (χ0) is 15.6. The molecule has 2 aromatic carbocycles. The van der Waals surface area contributed by atoms with Gasteiger partial charge in [0.15, 0.2) is 4.90 Å². The van der Waals surface area contributed by atoms with Crippen LogP contribution < -0.4 is 10.5 Å². The molecule has 0 amide bonds. The maximum absolute atomic E-state index is 12.4. The number of hydrogen-bond acceptors (Lipinski definition) is 5. The summed E-state index contributed by atoms with van der Waals surface area (Å²) in [5.41, 5.74) is 5.02. The fraction of sp³-hybridized carbons (Fsp3) is 0. The lowest BCUT2D eigenvalue weighted by Gasteiger charge is -2.10. The molecule has 0 aliphatic heterocycles. The molecule has 0 aliphatic rings. The van der Waals surface area contributed by atoms with Crippen molar-refractivity contribution in [2.75, 3.05) is 10.5 Å². The number of hydrogen-bond donors (Lipinski definition) is 2. The van der Waals surface area contributed by atoms with Crippen molar-refractivity contribution in [3.8, 4) is 0 Å². The van der Waals surface area contributed by atoms with Crippen LogP contribution in [0.25, 0.3) is 0 Å². The van der Waals surface area contributed by atoms with E-state index >= 15 is 0 Å². The van der Waals surface area contributed by atoms with E-state index in [9.17, 15) is 18.5 Å². The van der Waals surface area contributed by atoms with E-state index in [1.807, 2.05) is 22.6 Å². The summed E-state index contributed by atoms with van der Waals surface area (Å²) < 4.78 is 27.7. The SMILES string of the molecule is Nc1cccc(S(=O)(=O)Nc2ccccc2I)c1[N+](=O)[O-]. The molecular formula is C12H10IN3O4S. The number of anilines is 2. The van der Waals surface area contributed by atoms with Crippen molar-refractivity contribution < 1.29 is 13.3 Å².